The number of piperazine rings is 1. The van der Waals surface area contributed by atoms with E-state index >= 15 is 0 Å². The van der Waals surface area contributed by atoms with Gasteiger partial charge >= 0.3 is 6.18 Å². The van der Waals surface area contributed by atoms with Gasteiger partial charge in [0.2, 0.25) is 0 Å². The minimum Gasteiger partial charge on any atom is -0.314 e. The molecule has 0 saturated carbocycles. The van der Waals surface area contributed by atoms with Crippen molar-refractivity contribution in [2.45, 2.75) is 12.2 Å². The highest BCUT2D eigenvalue weighted by atomic mass is 35.5. The molecule has 1 saturated heterocycles. The first-order valence-corrected chi connectivity index (χ1v) is 6.31. The molecule has 1 fully saturated rings. The van der Waals surface area contributed by atoms with Gasteiger partial charge in [-0.3, -0.25) is 4.90 Å². The second-order valence-corrected chi connectivity index (χ2v) is 4.69. The standard InChI is InChI=1S/C13H15F5N2.ClH/c14-8-12(20-5-3-19-4-6-20)9-1-2-11(15)10(7-9)13(16,17)18;/h1-2,7,12,19H,3-6,8H2;1H/t12-;/m1./s1. The van der Waals surface area contributed by atoms with Crippen LogP contribution < -0.4 is 5.32 Å². The second kappa shape index (κ2) is 7.38. The van der Waals surface area contributed by atoms with Gasteiger partial charge in [0.25, 0.3) is 0 Å². The van der Waals surface area contributed by atoms with Crippen LogP contribution in [0.25, 0.3) is 0 Å². The van der Waals surface area contributed by atoms with Gasteiger partial charge < -0.3 is 5.32 Å². The molecule has 21 heavy (non-hydrogen) atoms. The Morgan fingerprint density at radius 3 is 2.33 bits per heavy atom. The maximum absolute atomic E-state index is 13.2. The van der Waals surface area contributed by atoms with E-state index in [1.807, 2.05) is 0 Å². The third-order valence-electron chi connectivity index (χ3n) is 3.42. The summed E-state index contributed by atoms with van der Waals surface area (Å²) in [4.78, 5) is 1.77. The number of nitrogens with one attached hydrogen (secondary N) is 1. The van der Waals surface area contributed by atoms with Gasteiger partial charge in [-0.1, -0.05) is 6.07 Å². The molecule has 1 aliphatic heterocycles. The van der Waals surface area contributed by atoms with Gasteiger partial charge in [0.15, 0.2) is 0 Å². The van der Waals surface area contributed by atoms with Crippen molar-refractivity contribution in [3.05, 3.63) is 35.1 Å². The van der Waals surface area contributed by atoms with Crippen LogP contribution in [0.1, 0.15) is 17.2 Å². The van der Waals surface area contributed by atoms with Crippen molar-refractivity contribution in [1.29, 1.82) is 0 Å². The molecule has 0 amide bonds. The van der Waals surface area contributed by atoms with Crippen molar-refractivity contribution in [2.24, 2.45) is 0 Å². The fraction of sp³-hybridized carbons (Fsp3) is 0.538. The molecule has 1 aromatic carbocycles. The highest BCUT2D eigenvalue weighted by molar-refractivity contribution is 5.85. The maximum atomic E-state index is 13.2. The lowest BCUT2D eigenvalue weighted by atomic mass is 10.0. The van der Waals surface area contributed by atoms with Crippen molar-refractivity contribution >= 4 is 12.4 Å². The summed E-state index contributed by atoms with van der Waals surface area (Å²) in [7, 11) is 0. The molecule has 2 rings (SSSR count). The van der Waals surface area contributed by atoms with Gasteiger partial charge in [0, 0.05) is 26.2 Å². The Kier molecular flexibility index (Phi) is 6.37. The summed E-state index contributed by atoms with van der Waals surface area (Å²) in [6, 6.07) is 1.92. The minimum absolute atomic E-state index is 0. The van der Waals surface area contributed by atoms with Crippen LogP contribution in [0, 0.1) is 5.82 Å². The van der Waals surface area contributed by atoms with Gasteiger partial charge in [-0.05, 0) is 17.7 Å². The molecular formula is C13H16ClF5N2. The third-order valence-corrected chi connectivity index (χ3v) is 3.42. The van der Waals surface area contributed by atoms with E-state index in [4.69, 9.17) is 0 Å². The first-order chi connectivity index (χ1) is 9.43. The second-order valence-electron chi connectivity index (χ2n) is 4.69. The van der Waals surface area contributed by atoms with Gasteiger partial charge in [0.05, 0.1) is 11.6 Å². The van der Waals surface area contributed by atoms with Crippen molar-refractivity contribution < 1.29 is 22.0 Å². The first kappa shape index (κ1) is 18.1. The fourth-order valence-electron chi connectivity index (χ4n) is 2.36. The summed E-state index contributed by atoms with van der Waals surface area (Å²) in [5.41, 5.74) is -1.19. The monoisotopic (exact) mass is 330 g/mol. The number of nitrogens with zero attached hydrogens (tertiary/aromatic N) is 1. The zero-order valence-electron chi connectivity index (χ0n) is 11.1. The van der Waals surface area contributed by atoms with Gasteiger partial charge in [0.1, 0.15) is 12.5 Å². The third kappa shape index (κ3) is 4.28. The highest BCUT2D eigenvalue weighted by Crippen LogP contribution is 2.34. The number of alkyl halides is 4. The van der Waals surface area contributed by atoms with Crippen molar-refractivity contribution in [3.63, 3.8) is 0 Å². The lowest BCUT2D eigenvalue weighted by molar-refractivity contribution is -0.140. The van der Waals surface area contributed by atoms with E-state index in [2.05, 4.69) is 5.32 Å². The quantitative estimate of drug-likeness (QED) is 0.856. The molecule has 1 N–H and O–H groups in total. The smallest absolute Gasteiger partial charge is 0.314 e. The van der Waals surface area contributed by atoms with Crippen LogP contribution in [0.5, 0.6) is 0 Å². The van der Waals surface area contributed by atoms with Crippen LogP contribution >= 0.6 is 12.4 Å². The number of hydrogen-bond acceptors (Lipinski definition) is 2. The molecule has 8 heteroatoms. The summed E-state index contributed by atoms with van der Waals surface area (Å²) < 4.78 is 64.5. The molecule has 0 radical (unpaired) electrons. The van der Waals surface area contributed by atoms with Crippen LogP contribution in [0.3, 0.4) is 0 Å². The van der Waals surface area contributed by atoms with E-state index in [0.29, 0.717) is 32.2 Å². The molecule has 1 heterocycles. The molecule has 1 atom stereocenters. The zero-order chi connectivity index (χ0) is 14.8. The average Bonchev–Trinajstić information content (AvgIpc) is 2.41. The Balaban J connectivity index is 0.00000220. The summed E-state index contributed by atoms with van der Waals surface area (Å²) >= 11 is 0. The van der Waals surface area contributed by atoms with Crippen molar-refractivity contribution in [3.8, 4) is 0 Å². The van der Waals surface area contributed by atoms with Crippen LogP contribution in [-0.2, 0) is 6.18 Å². The van der Waals surface area contributed by atoms with E-state index in [-0.39, 0.29) is 18.0 Å². The molecule has 120 valence electrons. The SMILES string of the molecule is Cl.FC[C@H](c1ccc(F)c(C(F)(F)F)c1)N1CCNCC1. The summed E-state index contributed by atoms with van der Waals surface area (Å²) in [6.07, 6.45) is -4.77. The molecule has 0 bridgehead atoms. The minimum atomic E-state index is -4.77. The summed E-state index contributed by atoms with van der Waals surface area (Å²) in [6.45, 7) is 1.61. The van der Waals surface area contributed by atoms with Crippen LogP contribution in [-0.4, -0.2) is 37.8 Å². The lowest BCUT2D eigenvalue weighted by Crippen LogP contribution is -2.45. The molecule has 0 unspecified atom stereocenters. The highest BCUT2D eigenvalue weighted by Gasteiger charge is 2.35. The number of benzene rings is 1. The Morgan fingerprint density at radius 1 is 1.19 bits per heavy atom. The zero-order valence-corrected chi connectivity index (χ0v) is 11.9. The number of halogens is 6. The van der Waals surface area contributed by atoms with Gasteiger partial charge in [-0.25, -0.2) is 8.78 Å². The van der Waals surface area contributed by atoms with Crippen LogP contribution in [0.4, 0.5) is 22.0 Å². The predicted octanol–water partition coefficient (Wildman–Crippen LogP) is 3.18. The molecule has 0 spiro atoms. The molecule has 0 aromatic heterocycles. The Hall–Kier alpha value is -0.920. The van der Waals surface area contributed by atoms with Crippen molar-refractivity contribution in [1.82, 2.24) is 10.2 Å². The van der Waals surface area contributed by atoms with E-state index in [9.17, 15) is 22.0 Å². The topological polar surface area (TPSA) is 15.3 Å². The predicted molar refractivity (Wildman–Crippen MR) is 71.8 cm³/mol. The van der Waals surface area contributed by atoms with Crippen LogP contribution in [0.2, 0.25) is 0 Å². The maximum Gasteiger partial charge on any atom is 0.419 e. The first-order valence-electron chi connectivity index (χ1n) is 6.31. The Labute approximate surface area is 125 Å². The fourth-order valence-corrected chi connectivity index (χ4v) is 2.36. The largest absolute Gasteiger partial charge is 0.419 e. The molecule has 1 aliphatic rings. The Bertz CT molecular complexity index is 460. The van der Waals surface area contributed by atoms with E-state index in [0.717, 1.165) is 6.07 Å². The normalized spacial score (nSPS) is 18.1. The van der Waals surface area contributed by atoms with E-state index < -0.39 is 30.3 Å². The van der Waals surface area contributed by atoms with Crippen LogP contribution in [0.15, 0.2) is 18.2 Å². The number of rotatable bonds is 3. The van der Waals surface area contributed by atoms with Crippen molar-refractivity contribution in [2.75, 3.05) is 32.9 Å². The van der Waals surface area contributed by atoms with E-state index in [1.54, 1.807) is 4.90 Å². The van der Waals surface area contributed by atoms with Gasteiger partial charge in [-0.2, -0.15) is 13.2 Å². The molecule has 1 aromatic rings. The molecular weight excluding hydrogens is 315 g/mol. The van der Waals surface area contributed by atoms with E-state index in [1.165, 1.54) is 6.07 Å². The average molecular weight is 331 g/mol. The molecule has 2 nitrogen and oxygen atoms in total. The summed E-state index contributed by atoms with van der Waals surface area (Å²) in [5, 5.41) is 3.09. The molecule has 0 aliphatic carbocycles. The number of hydrogen-bond donors (Lipinski definition) is 1. The summed E-state index contributed by atoms with van der Waals surface area (Å²) in [5.74, 6) is -1.33. The lowest BCUT2D eigenvalue weighted by Gasteiger charge is -2.33. The van der Waals surface area contributed by atoms with Gasteiger partial charge in [-0.15, -0.1) is 12.4 Å². The Morgan fingerprint density at radius 2 is 1.81 bits per heavy atom.